The minimum absolute atomic E-state index is 0.119. The van der Waals surface area contributed by atoms with E-state index in [2.05, 4.69) is 5.10 Å². The Bertz CT molecular complexity index is 853. The van der Waals surface area contributed by atoms with E-state index in [1.165, 1.54) is 0 Å². The zero-order valence-electron chi connectivity index (χ0n) is 16.9. The number of aromatic nitrogens is 2. The third-order valence-electron chi connectivity index (χ3n) is 6.84. The van der Waals surface area contributed by atoms with Gasteiger partial charge in [-0.15, -0.1) is 0 Å². The molecule has 150 valence electrons. The Morgan fingerprint density at radius 2 is 1.93 bits per heavy atom. The van der Waals surface area contributed by atoms with Crippen LogP contribution in [0.5, 0.6) is 0 Å². The van der Waals surface area contributed by atoms with Crippen molar-refractivity contribution in [1.29, 1.82) is 0 Å². The predicted octanol–water partition coefficient (Wildman–Crippen LogP) is 2.42. The van der Waals surface area contributed by atoms with E-state index >= 15 is 0 Å². The number of piperidine rings is 1. The van der Waals surface area contributed by atoms with Gasteiger partial charge in [0.15, 0.2) is 0 Å². The first-order valence-corrected chi connectivity index (χ1v) is 10.1. The highest BCUT2D eigenvalue weighted by atomic mass is 16.5. The summed E-state index contributed by atoms with van der Waals surface area (Å²) in [5.74, 6) is 0.136. The number of rotatable bonds is 4. The van der Waals surface area contributed by atoms with Crippen LogP contribution in [0.4, 0.5) is 0 Å². The average molecular weight is 383 g/mol. The molecule has 1 saturated carbocycles. The van der Waals surface area contributed by atoms with Gasteiger partial charge in [-0.05, 0) is 38.8 Å². The third kappa shape index (κ3) is 3.05. The molecule has 1 aliphatic carbocycles. The van der Waals surface area contributed by atoms with E-state index in [1.54, 1.807) is 7.11 Å². The Labute approximate surface area is 166 Å². The first-order valence-electron chi connectivity index (χ1n) is 10.1. The van der Waals surface area contributed by atoms with Gasteiger partial charge in [-0.2, -0.15) is 5.10 Å². The molecule has 1 N–H and O–H groups in total. The number of aryl methyl sites for hydroxylation is 1. The number of hydrogen-bond acceptors (Lipinski definition) is 4. The van der Waals surface area contributed by atoms with Crippen LogP contribution in [0.1, 0.15) is 36.2 Å². The quantitative estimate of drug-likeness (QED) is 0.881. The molecule has 2 heterocycles. The second-order valence-electron chi connectivity index (χ2n) is 8.16. The first-order chi connectivity index (χ1) is 13.5. The minimum atomic E-state index is -0.303. The molecule has 1 aromatic carbocycles. The molecule has 2 atom stereocenters. The number of carbonyl (C=O) groups excluding carboxylic acids is 1. The van der Waals surface area contributed by atoms with Crippen LogP contribution in [0.15, 0.2) is 30.3 Å². The number of para-hydroxylation sites is 1. The van der Waals surface area contributed by atoms with Crippen molar-refractivity contribution in [3.05, 3.63) is 47.3 Å². The Morgan fingerprint density at radius 3 is 2.54 bits per heavy atom. The summed E-state index contributed by atoms with van der Waals surface area (Å²) in [7, 11) is 1.71. The van der Waals surface area contributed by atoms with Crippen LogP contribution in [0.3, 0.4) is 0 Å². The number of benzene rings is 1. The molecule has 2 aromatic rings. The maximum absolute atomic E-state index is 13.0. The lowest BCUT2D eigenvalue weighted by atomic mass is 9.58. The lowest BCUT2D eigenvalue weighted by molar-refractivity contribution is -0.202. The monoisotopic (exact) mass is 383 g/mol. The summed E-state index contributed by atoms with van der Waals surface area (Å²) in [6.07, 6.45) is 2.51. The second kappa shape index (κ2) is 7.33. The van der Waals surface area contributed by atoms with Gasteiger partial charge in [-0.25, -0.2) is 4.68 Å². The lowest BCUT2D eigenvalue weighted by Crippen LogP contribution is -2.62. The molecule has 28 heavy (non-hydrogen) atoms. The molecule has 2 aliphatic rings. The molecule has 6 heteroatoms. The van der Waals surface area contributed by atoms with E-state index in [0.29, 0.717) is 25.9 Å². The fourth-order valence-corrected chi connectivity index (χ4v) is 4.90. The fourth-order valence-electron chi connectivity index (χ4n) is 4.90. The molecule has 6 nitrogen and oxygen atoms in total. The van der Waals surface area contributed by atoms with Crippen LogP contribution in [0.25, 0.3) is 5.69 Å². The summed E-state index contributed by atoms with van der Waals surface area (Å²) < 4.78 is 7.46. The smallest absolute Gasteiger partial charge is 0.227 e. The van der Waals surface area contributed by atoms with Crippen molar-refractivity contribution >= 4 is 5.91 Å². The molecular formula is C22H29N3O3. The molecule has 2 fully saturated rings. The molecule has 1 amide bonds. The van der Waals surface area contributed by atoms with Crippen molar-refractivity contribution in [2.45, 2.75) is 51.7 Å². The number of nitrogens with zero attached hydrogens (tertiary/aromatic N) is 3. The second-order valence-corrected chi connectivity index (χ2v) is 8.16. The molecule has 1 spiro atoms. The third-order valence-corrected chi connectivity index (χ3v) is 6.84. The van der Waals surface area contributed by atoms with Crippen molar-refractivity contribution in [1.82, 2.24) is 14.7 Å². The van der Waals surface area contributed by atoms with E-state index in [1.807, 2.05) is 53.8 Å². The van der Waals surface area contributed by atoms with Gasteiger partial charge >= 0.3 is 0 Å². The largest absolute Gasteiger partial charge is 0.392 e. The highest BCUT2D eigenvalue weighted by molar-refractivity contribution is 5.79. The molecule has 4 rings (SSSR count). The molecule has 0 bridgehead atoms. The maximum atomic E-state index is 13.0. The Hall–Kier alpha value is -2.18. The molecule has 1 aliphatic heterocycles. The Morgan fingerprint density at radius 1 is 1.25 bits per heavy atom. The predicted molar refractivity (Wildman–Crippen MR) is 106 cm³/mol. The van der Waals surface area contributed by atoms with Crippen LogP contribution in [0, 0.1) is 19.3 Å². The average Bonchev–Trinajstić information content (AvgIpc) is 3.00. The van der Waals surface area contributed by atoms with Crippen molar-refractivity contribution in [2.75, 3.05) is 20.2 Å². The minimum Gasteiger partial charge on any atom is -0.392 e. The zero-order valence-corrected chi connectivity index (χ0v) is 16.9. The van der Waals surface area contributed by atoms with Gasteiger partial charge in [0.1, 0.15) is 0 Å². The van der Waals surface area contributed by atoms with Crippen molar-refractivity contribution in [2.24, 2.45) is 5.41 Å². The Balaban J connectivity index is 1.45. The lowest BCUT2D eigenvalue weighted by Gasteiger charge is -2.56. The van der Waals surface area contributed by atoms with Crippen molar-refractivity contribution < 1.29 is 14.6 Å². The number of aliphatic hydroxyl groups excluding tert-OH is 1. The first kappa shape index (κ1) is 19.2. The van der Waals surface area contributed by atoms with Crippen molar-refractivity contribution in [3.8, 4) is 5.69 Å². The van der Waals surface area contributed by atoms with Crippen LogP contribution >= 0.6 is 0 Å². The van der Waals surface area contributed by atoms with Crippen LogP contribution in [0.2, 0.25) is 0 Å². The number of hydrogen-bond donors (Lipinski definition) is 1. The van der Waals surface area contributed by atoms with Crippen LogP contribution < -0.4 is 0 Å². The molecule has 0 radical (unpaired) electrons. The summed E-state index contributed by atoms with van der Waals surface area (Å²) in [5, 5.41) is 14.9. The van der Waals surface area contributed by atoms with Crippen LogP contribution in [-0.4, -0.2) is 58.1 Å². The topological polar surface area (TPSA) is 67.6 Å². The Kier molecular flexibility index (Phi) is 5.02. The van der Waals surface area contributed by atoms with Gasteiger partial charge < -0.3 is 14.7 Å². The van der Waals surface area contributed by atoms with E-state index in [9.17, 15) is 9.90 Å². The normalized spacial score (nSPS) is 23.6. The van der Waals surface area contributed by atoms with E-state index in [4.69, 9.17) is 4.74 Å². The number of methoxy groups -OCH3 is 1. The van der Waals surface area contributed by atoms with Gasteiger partial charge in [0.05, 0.1) is 30.0 Å². The van der Waals surface area contributed by atoms with Gasteiger partial charge in [-0.3, -0.25) is 4.79 Å². The number of ether oxygens (including phenoxy) is 1. The van der Waals surface area contributed by atoms with Gasteiger partial charge in [0, 0.05) is 43.3 Å². The standard InChI is InChI=1S/C22H29N3O3/c1-15-18(16(2)25(23-15)17-7-5-4-6-8-17)13-21(27)24-11-9-22(10-12-24)19(26)14-20(22)28-3/h4-8,19-20,26H,9-14H2,1-3H3/t19-,20+/m1/s1. The SMILES string of the molecule is CO[C@H]1C[C@@H](O)C12CCN(C(=O)Cc1c(C)nn(-c3ccccc3)c1C)CC2. The summed E-state index contributed by atoms with van der Waals surface area (Å²) >= 11 is 0. The van der Waals surface area contributed by atoms with E-state index in [-0.39, 0.29) is 23.5 Å². The summed E-state index contributed by atoms with van der Waals surface area (Å²) in [6.45, 7) is 5.35. The van der Waals surface area contributed by atoms with Gasteiger partial charge in [0.2, 0.25) is 5.91 Å². The highest BCUT2D eigenvalue weighted by Crippen LogP contribution is 2.50. The van der Waals surface area contributed by atoms with Crippen molar-refractivity contribution in [3.63, 3.8) is 0 Å². The molecule has 0 unspecified atom stereocenters. The number of amides is 1. The van der Waals surface area contributed by atoms with E-state index in [0.717, 1.165) is 35.5 Å². The summed E-state index contributed by atoms with van der Waals surface area (Å²) in [4.78, 5) is 14.9. The van der Waals surface area contributed by atoms with Gasteiger partial charge in [0.25, 0.3) is 0 Å². The van der Waals surface area contributed by atoms with Crippen LogP contribution in [-0.2, 0) is 16.0 Å². The van der Waals surface area contributed by atoms with Gasteiger partial charge in [-0.1, -0.05) is 18.2 Å². The van der Waals surface area contributed by atoms with E-state index < -0.39 is 0 Å². The molecular weight excluding hydrogens is 354 g/mol. The maximum Gasteiger partial charge on any atom is 0.227 e. The zero-order chi connectivity index (χ0) is 19.9. The number of likely N-dealkylation sites (tertiary alicyclic amines) is 1. The number of aliphatic hydroxyl groups is 1. The number of carbonyl (C=O) groups is 1. The summed E-state index contributed by atoms with van der Waals surface area (Å²) in [5.41, 5.74) is 3.77. The highest BCUT2D eigenvalue weighted by Gasteiger charge is 2.56. The fraction of sp³-hybridized carbons (Fsp3) is 0.545. The molecule has 1 aromatic heterocycles. The molecule has 1 saturated heterocycles. The summed E-state index contributed by atoms with van der Waals surface area (Å²) in [6, 6.07) is 10.00.